The van der Waals surface area contributed by atoms with Crippen molar-refractivity contribution in [2.45, 2.75) is 13.0 Å². The number of ether oxygens (including phenoxy) is 2. The van der Waals surface area contributed by atoms with Gasteiger partial charge in [0.15, 0.2) is 11.5 Å². The number of nitrogens with one attached hydrogen (secondary N) is 1. The van der Waals surface area contributed by atoms with Gasteiger partial charge in [-0.3, -0.25) is 4.79 Å². The number of hydrogen-bond acceptors (Lipinski definition) is 4. The third-order valence-electron chi connectivity index (χ3n) is 2.51. The van der Waals surface area contributed by atoms with E-state index < -0.39 is 0 Å². The number of esters is 1. The van der Waals surface area contributed by atoms with Gasteiger partial charge >= 0.3 is 5.97 Å². The number of carbonyl (C=O) groups excluding carboxylic acids is 1. The van der Waals surface area contributed by atoms with Crippen molar-refractivity contribution in [3.8, 4) is 11.5 Å². The van der Waals surface area contributed by atoms with E-state index in [2.05, 4.69) is 11.9 Å². The maximum Gasteiger partial charge on any atom is 0.308 e. The predicted octanol–water partition coefficient (Wildman–Crippen LogP) is 1.52. The molecular formula is C13H15NO3. The molecule has 1 atom stereocenters. The van der Waals surface area contributed by atoms with Gasteiger partial charge in [-0.1, -0.05) is 18.7 Å². The van der Waals surface area contributed by atoms with E-state index in [4.69, 9.17) is 9.47 Å². The fourth-order valence-electron chi connectivity index (χ4n) is 1.69. The van der Waals surface area contributed by atoms with Crippen LogP contribution in [0.1, 0.15) is 6.92 Å². The Morgan fingerprint density at radius 3 is 2.71 bits per heavy atom. The third-order valence-corrected chi connectivity index (χ3v) is 2.51. The van der Waals surface area contributed by atoms with Gasteiger partial charge in [0.05, 0.1) is 0 Å². The summed E-state index contributed by atoms with van der Waals surface area (Å²) in [5, 5.41) is 3.17. The monoisotopic (exact) mass is 233 g/mol. The molecule has 0 saturated carbocycles. The van der Waals surface area contributed by atoms with E-state index in [0.717, 1.165) is 18.7 Å². The van der Waals surface area contributed by atoms with E-state index in [1.807, 2.05) is 6.07 Å². The molecule has 1 N–H and O–H groups in total. The first-order valence-electron chi connectivity index (χ1n) is 5.49. The summed E-state index contributed by atoms with van der Waals surface area (Å²) in [5.74, 6) is 0.654. The van der Waals surface area contributed by atoms with Crippen molar-refractivity contribution < 1.29 is 14.3 Å². The molecule has 4 nitrogen and oxygen atoms in total. The minimum atomic E-state index is -0.357. The second kappa shape index (κ2) is 5.01. The summed E-state index contributed by atoms with van der Waals surface area (Å²) in [5.41, 5.74) is 1.00. The third kappa shape index (κ3) is 2.85. The quantitative estimate of drug-likeness (QED) is 0.488. The zero-order valence-electron chi connectivity index (χ0n) is 9.73. The van der Waals surface area contributed by atoms with Crippen LogP contribution in [0, 0.1) is 0 Å². The van der Waals surface area contributed by atoms with Gasteiger partial charge in [0.1, 0.15) is 6.10 Å². The Bertz CT molecular complexity index is 442. The van der Waals surface area contributed by atoms with Gasteiger partial charge in [-0.25, -0.2) is 0 Å². The highest BCUT2D eigenvalue weighted by Gasteiger charge is 2.21. The number of benzene rings is 1. The molecule has 0 amide bonds. The Morgan fingerprint density at radius 2 is 2.12 bits per heavy atom. The molecule has 1 aliphatic heterocycles. The van der Waals surface area contributed by atoms with Crippen LogP contribution in [0.2, 0.25) is 0 Å². The summed E-state index contributed by atoms with van der Waals surface area (Å²) in [6.07, 6.45) is -0.0632. The minimum Gasteiger partial charge on any atom is -0.481 e. The summed E-state index contributed by atoms with van der Waals surface area (Å²) < 4.78 is 10.9. The van der Waals surface area contributed by atoms with Crippen LogP contribution in [0.4, 0.5) is 0 Å². The largest absolute Gasteiger partial charge is 0.481 e. The fraction of sp³-hybridized carbons (Fsp3) is 0.308. The van der Waals surface area contributed by atoms with Crippen molar-refractivity contribution in [3.63, 3.8) is 0 Å². The van der Waals surface area contributed by atoms with Crippen LogP contribution in [-0.2, 0) is 4.79 Å². The molecule has 0 radical (unpaired) electrons. The maximum atomic E-state index is 11.0. The molecule has 0 spiro atoms. The molecule has 90 valence electrons. The Labute approximate surface area is 100 Å². The summed E-state index contributed by atoms with van der Waals surface area (Å²) in [6.45, 7) is 6.79. The molecule has 1 aromatic carbocycles. The van der Waals surface area contributed by atoms with Crippen molar-refractivity contribution in [2.75, 3.05) is 13.1 Å². The van der Waals surface area contributed by atoms with Crippen LogP contribution < -0.4 is 14.8 Å². The van der Waals surface area contributed by atoms with Gasteiger partial charge in [0, 0.05) is 20.0 Å². The average molecular weight is 233 g/mol. The minimum absolute atomic E-state index is 0.0632. The number of para-hydroxylation sites is 2. The van der Waals surface area contributed by atoms with Crippen LogP contribution in [0.25, 0.3) is 0 Å². The lowest BCUT2D eigenvalue weighted by atomic mass is 10.2. The molecule has 2 rings (SSSR count). The Kier molecular flexibility index (Phi) is 3.44. The van der Waals surface area contributed by atoms with Gasteiger partial charge in [-0.05, 0) is 17.7 Å². The highest BCUT2D eigenvalue weighted by Crippen LogP contribution is 2.29. The van der Waals surface area contributed by atoms with Crippen LogP contribution >= 0.6 is 0 Å². The highest BCUT2D eigenvalue weighted by atomic mass is 16.6. The summed E-state index contributed by atoms with van der Waals surface area (Å²) in [6, 6.07) is 7.13. The normalized spacial score (nSPS) is 19.1. The lowest BCUT2D eigenvalue weighted by Crippen LogP contribution is -2.21. The fourth-order valence-corrected chi connectivity index (χ4v) is 1.69. The van der Waals surface area contributed by atoms with E-state index in [-0.39, 0.29) is 12.1 Å². The number of rotatable bonds is 3. The first-order valence-corrected chi connectivity index (χ1v) is 5.49. The molecule has 0 aromatic heterocycles. The SMILES string of the molecule is C=C1CNC[C@@H]1Oc1ccccc1OC(C)=O. The van der Waals surface area contributed by atoms with Crippen LogP contribution in [0.3, 0.4) is 0 Å². The standard InChI is InChI=1S/C13H15NO3/c1-9-7-14-8-13(9)17-12-6-4-3-5-11(12)16-10(2)15/h3-6,13-14H,1,7-8H2,2H3/t13-/m0/s1. The van der Waals surface area contributed by atoms with Crippen LogP contribution in [0.5, 0.6) is 11.5 Å². The zero-order valence-corrected chi connectivity index (χ0v) is 9.73. The second-order valence-corrected chi connectivity index (χ2v) is 3.94. The summed E-state index contributed by atoms with van der Waals surface area (Å²) >= 11 is 0. The van der Waals surface area contributed by atoms with E-state index in [9.17, 15) is 4.79 Å². The average Bonchev–Trinajstić information content (AvgIpc) is 2.67. The lowest BCUT2D eigenvalue weighted by Gasteiger charge is -2.16. The molecule has 17 heavy (non-hydrogen) atoms. The first kappa shape index (κ1) is 11.7. The Balaban J connectivity index is 2.14. The van der Waals surface area contributed by atoms with Crippen molar-refractivity contribution in [1.29, 1.82) is 0 Å². The van der Waals surface area contributed by atoms with Gasteiger partial charge < -0.3 is 14.8 Å². The molecule has 1 saturated heterocycles. The van der Waals surface area contributed by atoms with Crippen molar-refractivity contribution >= 4 is 5.97 Å². The Morgan fingerprint density at radius 1 is 1.41 bits per heavy atom. The second-order valence-electron chi connectivity index (χ2n) is 3.94. The van der Waals surface area contributed by atoms with Gasteiger partial charge in [-0.15, -0.1) is 0 Å². The first-order chi connectivity index (χ1) is 8.16. The van der Waals surface area contributed by atoms with Crippen molar-refractivity contribution in [2.24, 2.45) is 0 Å². The lowest BCUT2D eigenvalue weighted by molar-refractivity contribution is -0.132. The summed E-state index contributed by atoms with van der Waals surface area (Å²) in [4.78, 5) is 11.0. The predicted molar refractivity (Wildman–Crippen MR) is 64.2 cm³/mol. The molecule has 4 heteroatoms. The Hall–Kier alpha value is -1.81. The number of hydrogen-bond donors (Lipinski definition) is 1. The van der Waals surface area contributed by atoms with Crippen LogP contribution in [0.15, 0.2) is 36.4 Å². The topological polar surface area (TPSA) is 47.6 Å². The maximum absolute atomic E-state index is 11.0. The van der Waals surface area contributed by atoms with E-state index in [0.29, 0.717) is 11.5 Å². The molecule has 0 unspecified atom stereocenters. The van der Waals surface area contributed by atoms with Gasteiger partial charge in [-0.2, -0.15) is 0 Å². The smallest absolute Gasteiger partial charge is 0.308 e. The molecule has 1 heterocycles. The van der Waals surface area contributed by atoms with Crippen molar-refractivity contribution in [3.05, 3.63) is 36.4 Å². The van der Waals surface area contributed by atoms with Gasteiger partial charge in [0.2, 0.25) is 0 Å². The number of carbonyl (C=O) groups is 1. The van der Waals surface area contributed by atoms with E-state index in [1.165, 1.54) is 6.92 Å². The molecule has 0 bridgehead atoms. The molecule has 1 fully saturated rings. The molecule has 1 aliphatic rings. The zero-order chi connectivity index (χ0) is 12.3. The molecule has 1 aromatic rings. The molecule has 0 aliphatic carbocycles. The molecular weight excluding hydrogens is 218 g/mol. The van der Waals surface area contributed by atoms with Gasteiger partial charge in [0.25, 0.3) is 0 Å². The summed E-state index contributed by atoms with van der Waals surface area (Å²) in [7, 11) is 0. The van der Waals surface area contributed by atoms with Crippen molar-refractivity contribution in [1.82, 2.24) is 5.32 Å². The van der Waals surface area contributed by atoms with E-state index in [1.54, 1.807) is 18.2 Å². The van der Waals surface area contributed by atoms with E-state index >= 15 is 0 Å². The van der Waals surface area contributed by atoms with Crippen LogP contribution in [-0.4, -0.2) is 25.2 Å². The highest BCUT2D eigenvalue weighted by molar-refractivity contribution is 5.70.